The molecule has 6 heteroatoms. The van der Waals surface area contributed by atoms with Crippen LogP contribution in [0.15, 0.2) is 24.3 Å². The molecule has 2 rings (SSSR count). The van der Waals surface area contributed by atoms with Crippen LogP contribution in [-0.2, 0) is 11.2 Å². The van der Waals surface area contributed by atoms with Crippen molar-refractivity contribution in [1.29, 1.82) is 0 Å². The maximum Gasteiger partial charge on any atom is 0.234 e. The van der Waals surface area contributed by atoms with Gasteiger partial charge < -0.3 is 15.2 Å². The second-order valence-electron chi connectivity index (χ2n) is 6.88. The third kappa shape index (κ3) is 6.65. The number of aliphatic hydroxyl groups is 1. The van der Waals surface area contributed by atoms with Crippen molar-refractivity contribution in [2.45, 2.75) is 32.4 Å². The molecule has 1 fully saturated rings. The van der Waals surface area contributed by atoms with Gasteiger partial charge in [0.25, 0.3) is 0 Å². The lowest BCUT2D eigenvalue weighted by molar-refractivity contribution is -0.123. The van der Waals surface area contributed by atoms with Gasteiger partial charge in [-0.05, 0) is 38.0 Å². The van der Waals surface area contributed by atoms with Gasteiger partial charge in [-0.15, -0.1) is 0 Å². The molecule has 0 spiro atoms. The minimum atomic E-state index is -0.310. The van der Waals surface area contributed by atoms with Gasteiger partial charge in [-0.25, -0.2) is 0 Å². The second-order valence-corrected chi connectivity index (χ2v) is 6.88. The molecule has 2 atom stereocenters. The average Bonchev–Trinajstić information content (AvgIpc) is 2.57. The lowest BCUT2D eigenvalue weighted by Gasteiger charge is -2.40. The highest BCUT2D eigenvalue weighted by Crippen LogP contribution is 2.12. The monoisotopic (exact) mass is 349 g/mol. The molecule has 6 nitrogen and oxygen atoms in total. The van der Waals surface area contributed by atoms with Crippen LogP contribution in [0, 0.1) is 0 Å². The van der Waals surface area contributed by atoms with Crippen LogP contribution in [0.1, 0.15) is 19.4 Å². The van der Waals surface area contributed by atoms with Gasteiger partial charge in [-0.2, -0.15) is 0 Å². The fourth-order valence-electron chi connectivity index (χ4n) is 3.22. The Morgan fingerprint density at radius 2 is 2.08 bits per heavy atom. The van der Waals surface area contributed by atoms with E-state index in [1.165, 1.54) is 5.56 Å². The number of ether oxygens (including phenoxy) is 1. The van der Waals surface area contributed by atoms with Crippen LogP contribution in [0.25, 0.3) is 0 Å². The van der Waals surface area contributed by atoms with Crippen LogP contribution in [0.4, 0.5) is 0 Å². The van der Waals surface area contributed by atoms with Crippen LogP contribution in [0.2, 0.25) is 0 Å². The van der Waals surface area contributed by atoms with Gasteiger partial charge in [0.2, 0.25) is 5.91 Å². The van der Waals surface area contributed by atoms with Crippen LogP contribution in [-0.4, -0.2) is 79.3 Å². The number of amides is 1. The number of aliphatic hydroxyl groups excluding tert-OH is 1. The number of nitrogens with one attached hydrogen (secondary N) is 1. The number of carbonyl (C=O) groups is 1. The van der Waals surface area contributed by atoms with E-state index in [0.717, 1.165) is 31.8 Å². The Hall–Kier alpha value is -1.63. The average molecular weight is 349 g/mol. The van der Waals surface area contributed by atoms with E-state index >= 15 is 0 Å². The molecule has 1 aliphatic rings. The molecule has 1 amide bonds. The van der Waals surface area contributed by atoms with Crippen molar-refractivity contribution in [1.82, 2.24) is 15.1 Å². The van der Waals surface area contributed by atoms with E-state index in [0.29, 0.717) is 25.7 Å². The van der Waals surface area contributed by atoms with Crippen molar-refractivity contribution in [3.63, 3.8) is 0 Å². The summed E-state index contributed by atoms with van der Waals surface area (Å²) in [7, 11) is 1.65. The molecule has 25 heavy (non-hydrogen) atoms. The molecule has 1 saturated heterocycles. The normalized spacial score (nSPS) is 20.2. The van der Waals surface area contributed by atoms with Gasteiger partial charge in [0, 0.05) is 38.8 Å². The summed E-state index contributed by atoms with van der Waals surface area (Å²) in [6, 6.07) is 8.27. The van der Waals surface area contributed by atoms with Crippen LogP contribution >= 0.6 is 0 Å². The fourth-order valence-corrected chi connectivity index (χ4v) is 3.22. The summed E-state index contributed by atoms with van der Waals surface area (Å²) < 4.78 is 5.14. The van der Waals surface area contributed by atoms with Crippen LogP contribution in [0.5, 0.6) is 5.75 Å². The molecule has 0 unspecified atom stereocenters. The molecule has 1 aromatic carbocycles. The fraction of sp³-hybridized carbons (Fsp3) is 0.632. The SMILES string of the molecule is COc1ccc(CCNC(=O)CN2CCN(C[C@H](C)O)[C@H](C)C2)cc1. The van der Waals surface area contributed by atoms with Crippen molar-refractivity contribution in [2.75, 3.05) is 46.4 Å². The van der Waals surface area contributed by atoms with Gasteiger partial charge in [0.1, 0.15) is 5.75 Å². The first-order valence-corrected chi connectivity index (χ1v) is 9.02. The number of piperazine rings is 1. The lowest BCUT2D eigenvalue weighted by atomic mass is 10.1. The Labute approximate surface area is 150 Å². The third-order valence-electron chi connectivity index (χ3n) is 4.61. The summed E-state index contributed by atoms with van der Waals surface area (Å²) in [5, 5.41) is 12.5. The Bertz CT molecular complexity index is 533. The number of rotatable bonds is 8. The predicted molar refractivity (Wildman–Crippen MR) is 98.9 cm³/mol. The van der Waals surface area contributed by atoms with Crippen molar-refractivity contribution < 1.29 is 14.6 Å². The minimum Gasteiger partial charge on any atom is -0.497 e. The summed E-state index contributed by atoms with van der Waals surface area (Å²) in [6.07, 6.45) is 0.504. The molecular formula is C19H31N3O3. The van der Waals surface area contributed by atoms with E-state index in [4.69, 9.17) is 4.74 Å². The first kappa shape index (κ1) is 19.7. The summed E-state index contributed by atoms with van der Waals surface area (Å²) in [6.45, 7) is 8.36. The molecular weight excluding hydrogens is 318 g/mol. The highest BCUT2D eigenvalue weighted by atomic mass is 16.5. The van der Waals surface area contributed by atoms with E-state index in [2.05, 4.69) is 22.0 Å². The zero-order chi connectivity index (χ0) is 18.2. The smallest absolute Gasteiger partial charge is 0.234 e. The number of methoxy groups -OCH3 is 1. The van der Waals surface area contributed by atoms with Crippen molar-refractivity contribution in [3.05, 3.63) is 29.8 Å². The molecule has 0 aliphatic carbocycles. The van der Waals surface area contributed by atoms with E-state index < -0.39 is 0 Å². The van der Waals surface area contributed by atoms with Gasteiger partial charge in [0.05, 0.1) is 19.8 Å². The van der Waals surface area contributed by atoms with Crippen molar-refractivity contribution >= 4 is 5.91 Å². The molecule has 140 valence electrons. The Balaban J connectivity index is 1.66. The minimum absolute atomic E-state index is 0.0738. The summed E-state index contributed by atoms with van der Waals surface area (Å²) >= 11 is 0. The molecule has 1 aromatic rings. The lowest BCUT2D eigenvalue weighted by Crippen LogP contribution is -2.55. The van der Waals surface area contributed by atoms with Gasteiger partial charge >= 0.3 is 0 Å². The molecule has 0 radical (unpaired) electrons. The summed E-state index contributed by atoms with van der Waals surface area (Å²) in [5.74, 6) is 0.918. The first-order chi connectivity index (χ1) is 12.0. The van der Waals surface area contributed by atoms with E-state index in [1.54, 1.807) is 7.11 Å². The molecule has 0 aromatic heterocycles. The maximum atomic E-state index is 12.1. The number of hydrogen-bond acceptors (Lipinski definition) is 5. The molecule has 1 heterocycles. The van der Waals surface area contributed by atoms with Crippen LogP contribution < -0.4 is 10.1 Å². The Morgan fingerprint density at radius 3 is 2.68 bits per heavy atom. The topological polar surface area (TPSA) is 65.0 Å². The quantitative estimate of drug-likeness (QED) is 0.725. The Kier molecular flexibility index (Phi) is 7.68. The summed E-state index contributed by atoms with van der Waals surface area (Å²) in [4.78, 5) is 16.6. The number of hydrogen-bond donors (Lipinski definition) is 2. The highest BCUT2D eigenvalue weighted by Gasteiger charge is 2.25. The van der Waals surface area contributed by atoms with Crippen molar-refractivity contribution in [3.8, 4) is 5.75 Å². The van der Waals surface area contributed by atoms with Gasteiger partial charge in [0.15, 0.2) is 0 Å². The molecule has 0 bridgehead atoms. The predicted octanol–water partition coefficient (Wildman–Crippen LogP) is 0.741. The summed E-state index contributed by atoms with van der Waals surface area (Å²) in [5.41, 5.74) is 1.18. The third-order valence-corrected chi connectivity index (χ3v) is 4.61. The van der Waals surface area contributed by atoms with Crippen LogP contribution in [0.3, 0.4) is 0 Å². The van der Waals surface area contributed by atoms with Gasteiger partial charge in [-0.3, -0.25) is 14.6 Å². The van der Waals surface area contributed by atoms with E-state index in [9.17, 15) is 9.90 Å². The molecule has 2 N–H and O–H groups in total. The maximum absolute atomic E-state index is 12.1. The van der Waals surface area contributed by atoms with Gasteiger partial charge in [-0.1, -0.05) is 12.1 Å². The Morgan fingerprint density at radius 1 is 1.36 bits per heavy atom. The zero-order valence-electron chi connectivity index (χ0n) is 15.6. The molecule has 0 saturated carbocycles. The number of nitrogens with zero attached hydrogens (tertiary/aromatic N) is 2. The second kappa shape index (κ2) is 9.75. The number of benzene rings is 1. The van der Waals surface area contributed by atoms with E-state index in [1.807, 2.05) is 31.2 Å². The van der Waals surface area contributed by atoms with Crippen molar-refractivity contribution in [2.24, 2.45) is 0 Å². The number of β-amino-alcohol motifs (C(OH)–C–C–N with tert-alkyl or cyclic N) is 1. The molecule has 1 aliphatic heterocycles. The largest absolute Gasteiger partial charge is 0.497 e. The first-order valence-electron chi connectivity index (χ1n) is 9.02. The zero-order valence-corrected chi connectivity index (χ0v) is 15.6. The standard InChI is InChI=1S/C19H31N3O3/c1-15-12-21(10-11-22(15)13-16(2)23)14-19(24)20-9-8-17-4-6-18(25-3)7-5-17/h4-7,15-16,23H,8-14H2,1-3H3,(H,20,24)/t15-,16+/m1/s1. The highest BCUT2D eigenvalue weighted by molar-refractivity contribution is 5.78. The number of carbonyl (C=O) groups excluding carboxylic acids is 1. The van der Waals surface area contributed by atoms with E-state index in [-0.39, 0.29) is 12.0 Å².